The Morgan fingerprint density at radius 2 is 2.21 bits per heavy atom. The molecular weight excluding hydrogens is 176 g/mol. The smallest absolute Gasteiger partial charge is 0.266 e. The van der Waals surface area contributed by atoms with E-state index in [1.807, 2.05) is 19.1 Å². The van der Waals surface area contributed by atoms with E-state index in [1.165, 1.54) is 0 Å². The van der Waals surface area contributed by atoms with Gasteiger partial charge in [-0.15, -0.1) is 0 Å². The molecule has 0 fully saturated rings. The molecule has 0 saturated heterocycles. The molecule has 0 atom stereocenters. The fourth-order valence-corrected chi connectivity index (χ4v) is 1.48. The van der Waals surface area contributed by atoms with Gasteiger partial charge in [-0.2, -0.15) is 5.26 Å². The molecule has 0 aliphatic carbocycles. The van der Waals surface area contributed by atoms with E-state index in [0.717, 1.165) is 17.7 Å². The normalized spacial score (nSPS) is 10.2. The number of rotatable bonds is 2. The molecule has 1 aromatic rings. The SMILES string of the molecule is Cc1cc(CC(C)C)c(C#N)c(=O)[nH]1. The van der Waals surface area contributed by atoms with E-state index in [9.17, 15) is 4.79 Å². The first-order valence-corrected chi connectivity index (χ1v) is 4.67. The highest BCUT2D eigenvalue weighted by atomic mass is 16.1. The summed E-state index contributed by atoms with van der Waals surface area (Å²) in [4.78, 5) is 14.0. The minimum atomic E-state index is -0.275. The van der Waals surface area contributed by atoms with Gasteiger partial charge in [-0.05, 0) is 30.9 Å². The molecule has 3 nitrogen and oxygen atoms in total. The summed E-state index contributed by atoms with van der Waals surface area (Å²) in [5.74, 6) is 0.447. The summed E-state index contributed by atoms with van der Waals surface area (Å²) in [6.07, 6.45) is 0.771. The van der Waals surface area contributed by atoms with Crippen LogP contribution in [0.1, 0.15) is 30.7 Å². The topological polar surface area (TPSA) is 56.6 Å². The number of hydrogen-bond acceptors (Lipinski definition) is 2. The lowest BCUT2D eigenvalue weighted by Gasteiger charge is -2.07. The second-order valence-electron chi connectivity index (χ2n) is 3.89. The molecule has 0 unspecified atom stereocenters. The molecule has 0 bridgehead atoms. The zero-order valence-corrected chi connectivity index (χ0v) is 8.72. The minimum absolute atomic E-state index is 0.254. The first-order valence-electron chi connectivity index (χ1n) is 4.67. The van der Waals surface area contributed by atoms with Crippen LogP contribution in [0.25, 0.3) is 0 Å². The first kappa shape index (κ1) is 10.5. The van der Waals surface area contributed by atoms with Crippen LogP contribution in [-0.4, -0.2) is 4.98 Å². The van der Waals surface area contributed by atoms with Crippen LogP contribution in [0.4, 0.5) is 0 Å². The Morgan fingerprint density at radius 1 is 1.57 bits per heavy atom. The average Bonchev–Trinajstić information content (AvgIpc) is 2.01. The second kappa shape index (κ2) is 4.10. The summed E-state index contributed by atoms with van der Waals surface area (Å²) in [5, 5.41) is 8.83. The number of pyridine rings is 1. The summed E-state index contributed by atoms with van der Waals surface area (Å²) < 4.78 is 0. The number of nitrogens with one attached hydrogen (secondary N) is 1. The zero-order valence-electron chi connectivity index (χ0n) is 8.72. The molecule has 0 saturated carbocycles. The third-order valence-electron chi connectivity index (χ3n) is 1.99. The third-order valence-corrected chi connectivity index (χ3v) is 1.99. The highest BCUT2D eigenvalue weighted by molar-refractivity contribution is 5.36. The van der Waals surface area contributed by atoms with Crippen molar-refractivity contribution < 1.29 is 0 Å². The molecule has 0 spiro atoms. The number of aromatic nitrogens is 1. The minimum Gasteiger partial charge on any atom is -0.325 e. The molecule has 1 N–H and O–H groups in total. The number of H-pyrrole nitrogens is 1. The highest BCUT2D eigenvalue weighted by Crippen LogP contribution is 2.10. The van der Waals surface area contributed by atoms with Crippen molar-refractivity contribution in [3.63, 3.8) is 0 Å². The van der Waals surface area contributed by atoms with E-state index in [-0.39, 0.29) is 11.1 Å². The summed E-state index contributed by atoms with van der Waals surface area (Å²) in [7, 11) is 0. The van der Waals surface area contributed by atoms with Crippen molar-refractivity contribution in [1.82, 2.24) is 4.98 Å². The lowest BCUT2D eigenvalue weighted by atomic mass is 9.99. The van der Waals surface area contributed by atoms with Gasteiger partial charge in [0.1, 0.15) is 11.6 Å². The van der Waals surface area contributed by atoms with E-state index in [2.05, 4.69) is 18.8 Å². The van der Waals surface area contributed by atoms with Crippen molar-refractivity contribution in [2.75, 3.05) is 0 Å². The first-order chi connectivity index (χ1) is 6.54. The van der Waals surface area contributed by atoms with Gasteiger partial charge < -0.3 is 4.98 Å². The standard InChI is InChI=1S/C11H14N2O/c1-7(2)4-9-5-8(3)13-11(14)10(9)6-12/h5,7H,4H2,1-3H3,(H,13,14). The Balaban J connectivity index is 3.27. The maximum Gasteiger partial charge on any atom is 0.266 e. The number of hydrogen-bond donors (Lipinski definition) is 1. The number of aryl methyl sites for hydroxylation is 1. The molecule has 74 valence electrons. The van der Waals surface area contributed by atoms with Crippen LogP contribution < -0.4 is 5.56 Å². The van der Waals surface area contributed by atoms with Crippen molar-refractivity contribution in [2.24, 2.45) is 5.92 Å². The van der Waals surface area contributed by atoms with Gasteiger partial charge in [-0.25, -0.2) is 0 Å². The molecule has 14 heavy (non-hydrogen) atoms. The van der Waals surface area contributed by atoms with Crippen LogP contribution in [0.15, 0.2) is 10.9 Å². The second-order valence-corrected chi connectivity index (χ2v) is 3.89. The lowest BCUT2D eigenvalue weighted by Crippen LogP contribution is -2.15. The van der Waals surface area contributed by atoms with E-state index >= 15 is 0 Å². The molecule has 0 radical (unpaired) electrons. The van der Waals surface area contributed by atoms with Crippen molar-refractivity contribution in [3.05, 3.63) is 33.2 Å². The largest absolute Gasteiger partial charge is 0.325 e. The number of nitrogens with zero attached hydrogens (tertiary/aromatic N) is 1. The Bertz CT molecular complexity index is 424. The molecule has 0 amide bonds. The Hall–Kier alpha value is -1.56. The molecule has 1 aromatic heterocycles. The lowest BCUT2D eigenvalue weighted by molar-refractivity contribution is 0.644. The van der Waals surface area contributed by atoms with Crippen LogP contribution in [0, 0.1) is 24.2 Å². The van der Waals surface area contributed by atoms with Gasteiger partial charge in [0.2, 0.25) is 0 Å². The van der Waals surface area contributed by atoms with Crippen molar-refractivity contribution in [1.29, 1.82) is 5.26 Å². The molecule has 1 rings (SSSR count). The van der Waals surface area contributed by atoms with Gasteiger partial charge in [0.25, 0.3) is 5.56 Å². The van der Waals surface area contributed by atoms with Crippen LogP contribution in [0.5, 0.6) is 0 Å². The molecular formula is C11H14N2O. The maximum atomic E-state index is 11.4. The molecule has 1 heterocycles. The summed E-state index contributed by atoms with van der Waals surface area (Å²) in [6.45, 7) is 5.96. The quantitative estimate of drug-likeness (QED) is 0.772. The van der Waals surface area contributed by atoms with Crippen LogP contribution in [0.3, 0.4) is 0 Å². The highest BCUT2D eigenvalue weighted by Gasteiger charge is 2.08. The fourth-order valence-electron chi connectivity index (χ4n) is 1.48. The van der Waals surface area contributed by atoms with E-state index in [0.29, 0.717) is 5.92 Å². The third kappa shape index (κ3) is 2.23. The Kier molecular flexibility index (Phi) is 3.08. The fraction of sp³-hybridized carbons (Fsp3) is 0.455. The summed E-state index contributed by atoms with van der Waals surface area (Å²) in [5.41, 5.74) is 1.64. The van der Waals surface area contributed by atoms with Crippen molar-refractivity contribution in [2.45, 2.75) is 27.2 Å². The molecule has 0 aliphatic heterocycles. The van der Waals surface area contributed by atoms with E-state index < -0.39 is 0 Å². The predicted molar refractivity (Wildman–Crippen MR) is 55.1 cm³/mol. The van der Waals surface area contributed by atoms with E-state index in [4.69, 9.17) is 5.26 Å². The van der Waals surface area contributed by atoms with Crippen LogP contribution in [0.2, 0.25) is 0 Å². The van der Waals surface area contributed by atoms with Gasteiger partial charge in [0.15, 0.2) is 0 Å². The van der Waals surface area contributed by atoms with Crippen molar-refractivity contribution in [3.8, 4) is 6.07 Å². The van der Waals surface area contributed by atoms with Gasteiger partial charge in [-0.1, -0.05) is 13.8 Å². The molecule has 3 heteroatoms. The van der Waals surface area contributed by atoms with Crippen LogP contribution >= 0.6 is 0 Å². The monoisotopic (exact) mass is 190 g/mol. The van der Waals surface area contributed by atoms with Crippen molar-refractivity contribution >= 4 is 0 Å². The van der Waals surface area contributed by atoms with Gasteiger partial charge in [0, 0.05) is 5.69 Å². The van der Waals surface area contributed by atoms with Gasteiger partial charge in [-0.3, -0.25) is 4.79 Å². The zero-order chi connectivity index (χ0) is 10.7. The predicted octanol–water partition coefficient (Wildman–Crippen LogP) is 1.75. The Labute approximate surface area is 83.4 Å². The Morgan fingerprint density at radius 3 is 2.71 bits per heavy atom. The summed E-state index contributed by atoms with van der Waals surface area (Å²) >= 11 is 0. The molecule has 0 aromatic carbocycles. The van der Waals surface area contributed by atoms with Crippen LogP contribution in [-0.2, 0) is 6.42 Å². The molecule has 0 aliphatic rings. The summed E-state index contributed by atoms with van der Waals surface area (Å²) in [6, 6.07) is 3.83. The maximum absolute atomic E-state index is 11.4. The average molecular weight is 190 g/mol. The number of nitriles is 1. The van der Waals surface area contributed by atoms with E-state index in [1.54, 1.807) is 0 Å². The van der Waals surface area contributed by atoms with Gasteiger partial charge >= 0.3 is 0 Å². The van der Waals surface area contributed by atoms with Gasteiger partial charge in [0.05, 0.1) is 0 Å². The number of aromatic amines is 1.